The molecule has 2 aromatic heterocycles. The van der Waals surface area contributed by atoms with Crippen molar-refractivity contribution >= 4 is 16.7 Å². The third-order valence-electron chi connectivity index (χ3n) is 5.04. The lowest BCUT2D eigenvalue weighted by Gasteiger charge is -2.16. The molecule has 27 heavy (non-hydrogen) atoms. The second kappa shape index (κ2) is 6.96. The molecule has 0 saturated carbocycles. The topological polar surface area (TPSA) is 104 Å². The van der Waals surface area contributed by atoms with Crippen molar-refractivity contribution in [3.05, 3.63) is 58.3 Å². The normalized spacial score (nSPS) is 19.7. The molecule has 4 rings (SSSR count). The molecule has 3 aromatic rings. The molecule has 1 amide bonds. The van der Waals surface area contributed by atoms with Crippen LogP contribution in [-0.4, -0.2) is 55.1 Å². The third kappa shape index (κ3) is 3.48. The van der Waals surface area contributed by atoms with E-state index < -0.39 is 6.10 Å². The molecule has 2 atom stereocenters. The molecule has 1 aliphatic rings. The van der Waals surface area contributed by atoms with E-state index in [9.17, 15) is 14.7 Å². The average Bonchev–Trinajstić information content (AvgIpc) is 3.23. The maximum Gasteiger partial charge on any atom is 0.275 e. The van der Waals surface area contributed by atoms with Crippen molar-refractivity contribution < 1.29 is 9.90 Å². The Morgan fingerprint density at radius 1 is 1.33 bits per heavy atom. The summed E-state index contributed by atoms with van der Waals surface area (Å²) in [7, 11) is 0. The Balaban J connectivity index is 1.46. The predicted octanol–water partition coefficient (Wildman–Crippen LogP) is 0.490. The Morgan fingerprint density at radius 2 is 2.15 bits per heavy atom. The van der Waals surface area contributed by atoms with Gasteiger partial charge in [0.2, 0.25) is 5.91 Å². The average molecular weight is 367 g/mol. The Hall–Kier alpha value is -3.00. The van der Waals surface area contributed by atoms with Crippen LogP contribution in [0.4, 0.5) is 0 Å². The molecule has 8 nitrogen and oxygen atoms in total. The highest BCUT2D eigenvalue weighted by Gasteiger charge is 2.34. The maximum absolute atomic E-state index is 12.6. The van der Waals surface area contributed by atoms with Crippen molar-refractivity contribution in [3.8, 4) is 0 Å². The molecule has 0 aliphatic carbocycles. The van der Waals surface area contributed by atoms with Crippen molar-refractivity contribution in [2.75, 3.05) is 13.1 Å². The van der Waals surface area contributed by atoms with Crippen LogP contribution in [0, 0.1) is 12.8 Å². The minimum Gasteiger partial charge on any atom is -0.391 e. The van der Waals surface area contributed by atoms with E-state index in [1.165, 1.54) is 4.68 Å². The van der Waals surface area contributed by atoms with E-state index in [-0.39, 0.29) is 30.5 Å². The molecule has 1 aliphatic heterocycles. The van der Waals surface area contributed by atoms with Crippen LogP contribution in [0.15, 0.2) is 41.3 Å². The molecule has 3 heterocycles. The molecule has 1 fully saturated rings. The first-order valence-electron chi connectivity index (χ1n) is 8.93. The fourth-order valence-electron chi connectivity index (χ4n) is 3.57. The van der Waals surface area contributed by atoms with E-state index in [0.717, 1.165) is 16.8 Å². The summed E-state index contributed by atoms with van der Waals surface area (Å²) in [5, 5.41) is 22.8. The van der Waals surface area contributed by atoms with Crippen molar-refractivity contribution in [2.45, 2.75) is 26.0 Å². The van der Waals surface area contributed by atoms with Gasteiger partial charge < -0.3 is 10.0 Å². The standard InChI is InChI=1S/C19H21N5O3/c1-12-6-15(22-21-12)7-14-9-23(10-17(14)25)18(26)11-24-19(27)16-5-3-2-4-13(16)8-20-24/h2-6,8,14,17,25H,7,9-11H2,1H3,(H,21,22)/t14-,17+/m1/s1. The second-order valence-corrected chi connectivity index (χ2v) is 7.07. The van der Waals surface area contributed by atoms with Gasteiger partial charge in [-0.25, -0.2) is 4.68 Å². The number of benzene rings is 1. The first kappa shape index (κ1) is 17.4. The zero-order valence-corrected chi connectivity index (χ0v) is 15.0. The largest absolute Gasteiger partial charge is 0.391 e. The van der Waals surface area contributed by atoms with E-state index >= 15 is 0 Å². The Kier molecular flexibility index (Phi) is 4.49. The number of β-amino-alcohol motifs (C(OH)–C–C–N with tert-alkyl or cyclic N) is 1. The minimum absolute atomic E-state index is 0.0714. The fourth-order valence-corrected chi connectivity index (χ4v) is 3.57. The lowest BCUT2D eigenvalue weighted by Crippen LogP contribution is -2.36. The van der Waals surface area contributed by atoms with Crippen LogP contribution in [0.2, 0.25) is 0 Å². The smallest absolute Gasteiger partial charge is 0.275 e. The molecular formula is C19H21N5O3. The number of hydrogen-bond acceptors (Lipinski definition) is 5. The van der Waals surface area contributed by atoms with E-state index in [4.69, 9.17) is 0 Å². The monoisotopic (exact) mass is 367 g/mol. The van der Waals surface area contributed by atoms with Gasteiger partial charge in [0, 0.05) is 30.1 Å². The number of nitrogens with one attached hydrogen (secondary N) is 1. The summed E-state index contributed by atoms with van der Waals surface area (Å²) in [4.78, 5) is 26.8. The van der Waals surface area contributed by atoms with Crippen LogP contribution < -0.4 is 5.56 Å². The number of aliphatic hydroxyl groups excluding tert-OH is 1. The number of H-pyrrole nitrogens is 1. The van der Waals surface area contributed by atoms with Gasteiger partial charge in [0.1, 0.15) is 6.54 Å². The van der Waals surface area contributed by atoms with Gasteiger partial charge in [-0.05, 0) is 25.5 Å². The first-order valence-corrected chi connectivity index (χ1v) is 8.93. The number of carbonyl (C=O) groups excluding carboxylic acids is 1. The molecule has 1 aromatic carbocycles. The number of rotatable bonds is 4. The van der Waals surface area contributed by atoms with Crippen LogP contribution in [-0.2, 0) is 17.8 Å². The number of aliphatic hydroxyl groups is 1. The predicted molar refractivity (Wildman–Crippen MR) is 99.1 cm³/mol. The lowest BCUT2D eigenvalue weighted by atomic mass is 10.0. The van der Waals surface area contributed by atoms with E-state index in [2.05, 4.69) is 15.3 Å². The van der Waals surface area contributed by atoms with Crippen LogP contribution in [0.3, 0.4) is 0 Å². The molecule has 0 bridgehead atoms. The number of likely N-dealkylation sites (tertiary alicyclic amines) is 1. The summed E-state index contributed by atoms with van der Waals surface area (Å²) < 4.78 is 1.18. The molecule has 2 N–H and O–H groups in total. The Morgan fingerprint density at radius 3 is 2.93 bits per heavy atom. The highest BCUT2D eigenvalue weighted by atomic mass is 16.3. The number of aromatic amines is 1. The molecule has 8 heteroatoms. The zero-order valence-electron chi connectivity index (χ0n) is 15.0. The van der Waals surface area contributed by atoms with Gasteiger partial charge in [-0.15, -0.1) is 0 Å². The van der Waals surface area contributed by atoms with Crippen molar-refractivity contribution in [1.82, 2.24) is 24.9 Å². The van der Waals surface area contributed by atoms with Crippen molar-refractivity contribution in [3.63, 3.8) is 0 Å². The van der Waals surface area contributed by atoms with Crippen LogP contribution in [0.25, 0.3) is 10.8 Å². The third-order valence-corrected chi connectivity index (χ3v) is 5.04. The summed E-state index contributed by atoms with van der Waals surface area (Å²) in [6.07, 6.45) is 1.59. The molecule has 140 valence electrons. The molecule has 0 radical (unpaired) electrons. The summed E-state index contributed by atoms with van der Waals surface area (Å²) in [5.41, 5.74) is 1.55. The van der Waals surface area contributed by atoms with Gasteiger partial charge in [-0.3, -0.25) is 14.7 Å². The van der Waals surface area contributed by atoms with Gasteiger partial charge in [-0.1, -0.05) is 18.2 Å². The molecule has 0 unspecified atom stereocenters. The SMILES string of the molecule is Cc1cc(C[C@@H]2CN(C(=O)Cn3ncc4ccccc4c3=O)C[C@@H]2O)n[nH]1. The van der Waals surface area contributed by atoms with Crippen molar-refractivity contribution in [2.24, 2.45) is 5.92 Å². The molecule has 0 spiro atoms. The van der Waals surface area contributed by atoms with E-state index in [1.54, 1.807) is 23.2 Å². The van der Waals surface area contributed by atoms with Gasteiger partial charge in [0.25, 0.3) is 5.56 Å². The van der Waals surface area contributed by atoms with Gasteiger partial charge in [-0.2, -0.15) is 10.2 Å². The number of carbonyl (C=O) groups is 1. The summed E-state index contributed by atoms with van der Waals surface area (Å²) in [6.45, 7) is 2.49. The van der Waals surface area contributed by atoms with Crippen molar-refractivity contribution in [1.29, 1.82) is 0 Å². The number of fused-ring (bicyclic) bond motifs is 1. The minimum atomic E-state index is -0.604. The van der Waals surface area contributed by atoms with Gasteiger partial charge in [0.15, 0.2) is 0 Å². The molecule has 1 saturated heterocycles. The number of amides is 1. The van der Waals surface area contributed by atoms with Crippen LogP contribution in [0.5, 0.6) is 0 Å². The fraction of sp³-hybridized carbons (Fsp3) is 0.368. The maximum atomic E-state index is 12.6. The number of aryl methyl sites for hydroxylation is 1. The van der Waals surface area contributed by atoms with Gasteiger partial charge >= 0.3 is 0 Å². The van der Waals surface area contributed by atoms with E-state index in [1.807, 2.05) is 25.1 Å². The molecular weight excluding hydrogens is 346 g/mol. The number of aromatic nitrogens is 4. The Bertz CT molecular complexity index is 1040. The van der Waals surface area contributed by atoms with Gasteiger partial charge in [0.05, 0.1) is 23.4 Å². The lowest BCUT2D eigenvalue weighted by molar-refractivity contribution is -0.131. The zero-order chi connectivity index (χ0) is 19.0. The summed E-state index contributed by atoms with van der Waals surface area (Å²) >= 11 is 0. The highest BCUT2D eigenvalue weighted by Crippen LogP contribution is 2.21. The quantitative estimate of drug-likeness (QED) is 0.698. The Labute approximate surface area is 155 Å². The highest BCUT2D eigenvalue weighted by molar-refractivity contribution is 5.81. The van der Waals surface area contributed by atoms with Crippen LogP contribution >= 0.6 is 0 Å². The van der Waals surface area contributed by atoms with Crippen LogP contribution in [0.1, 0.15) is 11.4 Å². The van der Waals surface area contributed by atoms with E-state index in [0.29, 0.717) is 18.4 Å². The first-order chi connectivity index (χ1) is 13.0. The second-order valence-electron chi connectivity index (χ2n) is 7.07. The number of hydrogen-bond donors (Lipinski definition) is 2. The summed E-state index contributed by atoms with van der Waals surface area (Å²) in [6, 6.07) is 9.10. The summed E-state index contributed by atoms with van der Waals surface area (Å²) in [5.74, 6) is -0.294. The number of nitrogens with zero attached hydrogens (tertiary/aromatic N) is 4.